The van der Waals surface area contributed by atoms with Crippen molar-refractivity contribution in [2.24, 2.45) is 5.92 Å². The molecule has 93 valence electrons. The quantitative estimate of drug-likeness (QED) is 0.621. The van der Waals surface area contributed by atoms with Crippen LogP contribution in [0.5, 0.6) is 0 Å². The minimum Gasteiger partial charge on any atom is -0.481 e. The zero-order valence-electron chi connectivity index (χ0n) is 10.1. The van der Waals surface area contributed by atoms with Gasteiger partial charge in [0.05, 0.1) is 5.92 Å². The van der Waals surface area contributed by atoms with Crippen LogP contribution in [0.25, 0.3) is 5.57 Å². The topological polar surface area (TPSA) is 40.5 Å². The van der Waals surface area contributed by atoms with Crippen molar-refractivity contribution in [3.05, 3.63) is 42.0 Å². The van der Waals surface area contributed by atoms with Gasteiger partial charge in [0, 0.05) is 62.8 Å². The molecule has 3 nitrogen and oxygen atoms in total. The summed E-state index contributed by atoms with van der Waals surface area (Å²) in [5.74, 6) is -1.19. The molecular formula is C13H14NO2UV-. The van der Waals surface area contributed by atoms with Gasteiger partial charge in [0.1, 0.15) is 0 Å². The Kier molecular flexibility index (Phi) is 8.26. The van der Waals surface area contributed by atoms with Crippen molar-refractivity contribution in [1.82, 2.24) is 4.90 Å². The van der Waals surface area contributed by atoms with E-state index in [2.05, 4.69) is 6.07 Å². The molecule has 1 N–H and O–H groups in total. The molecule has 1 aromatic rings. The Balaban J connectivity index is 0.00000144. The van der Waals surface area contributed by atoms with Gasteiger partial charge in [-0.15, -0.1) is 5.56 Å². The summed E-state index contributed by atoms with van der Waals surface area (Å²) in [7, 11) is 1.93. The molecule has 1 heterocycles. The maximum absolute atomic E-state index is 11.2. The summed E-state index contributed by atoms with van der Waals surface area (Å²) in [5, 5.41) is 9.21. The van der Waals surface area contributed by atoms with E-state index in [-0.39, 0.29) is 49.7 Å². The van der Waals surface area contributed by atoms with E-state index in [0.717, 1.165) is 17.7 Å². The first kappa shape index (κ1) is 18.0. The van der Waals surface area contributed by atoms with Gasteiger partial charge in [0.15, 0.2) is 0 Å². The number of benzene rings is 1. The van der Waals surface area contributed by atoms with E-state index in [9.17, 15) is 9.90 Å². The predicted octanol–water partition coefficient (Wildman–Crippen LogP) is 1.51. The fourth-order valence-corrected chi connectivity index (χ4v) is 1.99. The summed E-state index contributed by atoms with van der Waals surface area (Å²) >= 11 is 0. The van der Waals surface area contributed by atoms with Gasteiger partial charge < -0.3 is 10.0 Å². The second kappa shape index (κ2) is 8.25. The van der Waals surface area contributed by atoms with Crippen LogP contribution < -0.4 is 0 Å². The zero-order chi connectivity index (χ0) is 11.5. The number of aliphatic carboxylic acids is 1. The van der Waals surface area contributed by atoms with Crippen molar-refractivity contribution in [1.29, 1.82) is 0 Å². The number of hydrogen-bond donors (Lipinski definition) is 1. The molecule has 0 aliphatic carbocycles. The molecule has 1 unspecified atom stereocenters. The van der Waals surface area contributed by atoms with Crippen LogP contribution in [0.1, 0.15) is 5.56 Å². The maximum Gasteiger partial charge on any atom is 0.312 e. The summed E-state index contributed by atoms with van der Waals surface area (Å²) in [6, 6.07) is 10.4. The number of likely N-dealkylation sites (N-methyl/N-ethyl adjacent to an activating group) is 1. The van der Waals surface area contributed by atoms with E-state index < -0.39 is 11.9 Å². The normalized spacial score (nSPS) is 19.2. The monoisotopic (exact) mass is 505 g/mol. The predicted molar refractivity (Wildman–Crippen MR) is 61.9 cm³/mol. The Morgan fingerprint density at radius 1 is 1.44 bits per heavy atom. The molecule has 0 saturated carbocycles. The molecule has 1 aliphatic rings. The number of hydrogen-bond acceptors (Lipinski definition) is 2. The zero-order valence-corrected chi connectivity index (χ0v) is 15.7. The summed E-state index contributed by atoms with van der Waals surface area (Å²) in [5.41, 5.74) is 1.90. The van der Waals surface area contributed by atoms with Crippen LogP contribution in [0.3, 0.4) is 0 Å². The Bertz CT molecular complexity index is 422. The fourth-order valence-electron chi connectivity index (χ4n) is 1.99. The van der Waals surface area contributed by atoms with Gasteiger partial charge in [-0.05, 0) is 7.05 Å². The van der Waals surface area contributed by atoms with Crippen molar-refractivity contribution < 1.29 is 59.6 Å². The summed E-state index contributed by atoms with van der Waals surface area (Å²) in [6.45, 7) is 1.37. The Morgan fingerprint density at radius 2 is 2.06 bits per heavy atom. The smallest absolute Gasteiger partial charge is 0.312 e. The van der Waals surface area contributed by atoms with Crippen molar-refractivity contribution in [2.45, 2.75) is 0 Å². The largest absolute Gasteiger partial charge is 0.481 e. The standard InChI is InChI=1S/C13H14NO2.U.V/c1-14-8-7-11(12(9-14)13(15)16)10-5-3-2-4-6-10;;/h3-7,12H,8-9H2,1H3,(H,15,16);;/q-1;;. The molecule has 5 heteroatoms. The van der Waals surface area contributed by atoms with E-state index in [1.807, 2.05) is 42.3 Å². The molecule has 1 atom stereocenters. The first-order valence-corrected chi connectivity index (χ1v) is 5.26. The maximum atomic E-state index is 11.2. The van der Waals surface area contributed by atoms with Crippen molar-refractivity contribution in [3.63, 3.8) is 0 Å². The van der Waals surface area contributed by atoms with E-state index in [1.165, 1.54) is 0 Å². The van der Waals surface area contributed by atoms with Crippen molar-refractivity contribution >= 4 is 11.5 Å². The molecule has 0 spiro atoms. The number of carboxylic acid groups (broad SMARTS) is 1. The van der Waals surface area contributed by atoms with Crippen LogP contribution in [-0.4, -0.2) is 36.1 Å². The van der Waals surface area contributed by atoms with Gasteiger partial charge in [-0.3, -0.25) is 4.79 Å². The first-order valence-electron chi connectivity index (χ1n) is 5.26. The second-order valence-electron chi connectivity index (χ2n) is 4.06. The van der Waals surface area contributed by atoms with Crippen molar-refractivity contribution in [3.8, 4) is 0 Å². The van der Waals surface area contributed by atoms with Gasteiger partial charge in [-0.1, -0.05) is 11.6 Å². The molecular weight excluding hydrogens is 491 g/mol. The minimum absolute atomic E-state index is 0. The van der Waals surface area contributed by atoms with Crippen LogP contribution in [0.4, 0.5) is 0 Å². The molecule has 0 amide bonds. The number of rotatable bonds is 2. The molecule has 1 aliphatic heterocycles. The molecule has 1 aromatic carbocycles. The molecule has 2 rings (SSSR count). The summed E-state index contributed by atoms with van der Waals surface area (Å²) in [6.07, 6.45) is 2.00. The Hall–Kier alpha value is 0.0264. The summed E-state index contributed by atoms with van der Waals surface area (Å²) in [4.78, 5) is 13.2. The molecule has 18 heavy (non-hydrogen) atoms. The van der Waals surface area contributed by atoms with E-state index in [1.54, 1.807) is 0 Å². The third kappa shape index (κ3) is 4.29. The van der Waals surface area contributed by atoms with Crippen LogP contribution in [0, 0.1) is 43.1 Å². The third-order valence-electron chi connectivity index (χ3n) is 2.84. The van der Waals surface area contributed by atoms with E-state index >= 15 is 0 Å². The summed E-state index contributed by atoms with van der Waals surface area (Å²) < 4.78 is 0. The van der Waals surface area contributed by atoms with Crippen LogP contribution in [-0.2, 0) is 23.4 Å². The Labute approximate surface area is 143 Å². The van der Waals surface area contributed by atoms with Crippen molar-refractivity contribution in [2.75, 3.05) is 20.1 Å². The molecule has 0 fully saturated rings. The number of carbonyl (C=O) groups is 1. The first-order chi connectivity index (χ1) is 7.68. The fraction of sp³-hybridized carbons (Fsp3) is 0.308. The van der Waals surface area contributed by atoms with Gasteiger partial charge in [0.2, 0.25) is 0 Å². The average molecular weight is 505 g/mol. The molecule has 0 bridgehead atoms. The average Bonchev–Trinajstić information content (AvgIpc) is 2.30. The van der Waals surface area contributed by atoms with Crippen LogP contribution >= 0.6 is 0 Å². The minimum atomic E-state index is -0.759. The van der Waals surface area contributed by atoms with Crippen LogP contribution in [0.2, 0.25) is 0 Å². The van der Waals surface area contributed by atoms with Gasteiger partial charge in [-0.2, -0.15) is 30.3 Å². The SMILES string of the molecule is CN1CC=C(c2cc[c-]cc2)C(C(=O)O)C1.[U].[V]. The third-order valence-corrected chi connectivity index (χ3v) is 2.84. The van der Waals surface area contributed by atoms with Gasteiger partial charge in [0.25, 0.3) is 0 Å². The molecule has 1 radical (unpaired) electrons. The molecule has 0 aromatic heterocycles. The van der Waals surface area contributed by atoms with Gasteiger partial charge >= 0.3 is 5.97 Å². The number of nitrogens with zero attached hydrogens (tertiary/aromatic N) is 1. The van der Waals surface area contributed by atoms with E-state index in [4.69, 9.17) is 0 Å². The van der Waals surface area contributed by atoms with E-state index in [0.29, 0.717) is 6.54 Å². The Morgan fingerprint density at radius 3 is 2.61 bits per heavy atom. The number of carboxylic acids is 1. The molecule has 0 saturated heterocycles. The second-order valence-corrected chi connectivity index (χ2v) is 4.06. The van der Waals surface area contributed by atoms with Crippen LogP contribution in [0.15, 0.2) is 30.3 Å². The van der Waals surface area contributed by atoms with Gasteiger partial charge in [-0.25, -0.2) is 0 Å².